The largest absolute Gasteiger partial charge is 0.380 e. The van der Waals surface area contributed by atoms with Crippen LogP contribution in [0.25, 0.3) is 0 Å². The van der Waals surface area contributed by atoms with Crippen molar-refractivity contribution in [2.24, 2.45) is 7.05 Å². The molecule has 7 heteroatoms. The van der Waals surface area contributed by atoms with Gasteiger partial charge in [-0.1, -0.05) is 17.7 Å². The van der Waals surface area contributed by atoms with Crippen LogP contribution in [0.1, 0.15) is 17.0 Å². The molecule has 1 aliphatic rings. The van der Waals surface area contributed by atoms with Gasteiger partial charge in [-0.2, -0.15) is 12.7 Å². The molecule has 0 amide bonds. The number of benzene rings is 1. The van der Waals surface area contributed by atoms with Gasteiger partial charge in [0.1, 0.15) is 12.4 Å². The zero-order chi connectivity index (χ0) is 15.2. The number of hydrogen-bond donors (Lipinski definition) is 0. The van der Waals surface area contributed by atoms with E-state index in [4.69, 9.17) is 11.6 Å². The minimum absolute atomic E-state index is 0.385. The number of aryl methyl sites for hydroxylation is 1. The predicted molar refractivity (Wildman–Crippen MR) is 80.2 cm³/mol. The van der Waals surface area contributed by atoms with Crippen molar-refractivity contribution >= 4 is 21.8 Å². The topological polar surface area (TPSA) is 46.2 Å². The maximum Gasteiger partial charge on any atom is 0.380 e. The zero-order valence-electron chi connectivity index (χ0n) is 12.0. The fourth-order valence-corrected chi connectivity index (χ4v) is 4.33. The molecule has 1 aromatic carbocycles. The zero-order valence-corrected chi connectivity index (χ0v) is 13.5. The average molecular weight is 327 g/mol. The third-order valence-electron chi connectivity index (χ3n) is 3.98. The minimum Gasteiger partial charge on any atom is -0.236 e. The summed E-state index contributed by atoms with van der Waals surface area (Å²) in [6, 6.07) is 5.63. The van der Waals surface area contributed by atoms with Crippen LogP contribution in [0.2, 0.25) is 5.02 Å². The quantitative estimate of drug-likeness (QED) is 0.784. The maximum atomic E-state index is 12.7. The summed E-state index contributed by atoms with van der Waals surface area (Å²) in [6.45, 7) is 2.64. The van der Waals surface area contributed by atoms with Crippen LogP contribution in [-0.2, 0) is 30.2 Å². The van der Waals surface area contributed by atoms with Crippen molar-refractivity contribution in [2.45, 2.75) is 19.9 Å². The van der Waals surface area contributed by atoms with Crippen LogP contribution in [0, 0.1) is 6.92 Å². The van der Waals surface area contributed by atoms with Gasteiger partial charge in [-0.05, 0) is 29.7 Å². The number of nitrogens with zero attached hydrogens (tertiary/aromatic N) is 3. The third kappa shape index (κ3) is 2.47. The van der Waals surface area contributed by atoms with E-state index in [9.17, 15) is 8.42 Å². The lowest BCUT2D eigenvalue weighted by Gasteiger charge is -2.26. The number of aromatic nitrogens is 2. The summed E-state index contributed by atoms with van der Waals surface area (Å²) in [5.74, 6) is 0.678. The monoisotopic (exact) mass is 326 g/mol. The Labute approximate surface area is 129 Å². The van der Waals surface area contributed by atoms with Gasteiger partial charge < -0.3 is 0 Å². The maximum absolute atomic E-state index is 12.7. The molecule has 0 bridgehead atoms. The van der Waals surface area contributed by atoms with E-state index in [1.807, 2.05) is 19.2 Å². The Bertz CT molecular complexity index is 799. The lowest BCUT2D eigenvalue weighted by atomic mass is 10.0. The SMILES string of the molecule is Cc1n(S(=O)(=O)N2CCc3cc(Cl)ccc3C2)cc[n+]1C. The molecule has 5 nitrogen and oxygen atoms in total. The number of halogens is 1. The van der Waals surface area contributed by atoms with Gasteiger partial charge in [-0.25, -0.2) is 4.57 Å². The molecule has 0 fully saturated rings. The highest BCUT2D eigenvalue weighted by molar-refractivity contribution is 7.87. The van der Waals surface area contributed by atoms with Crippen LogP contribution in [0.5, 0.6) is 0 Å². The fraction of sp³-hybridized carbons (Fsp3) is 0.357. The smallest absolute Gasteiger partial charge is 0.236 e. The molecule has 0 atom stereocenters. The van der Waals surface area contributed by atoms with E-state index in [1.54, 1.807) is 30.0 Å². The molecule has 3 rings (SSSR count). The fourth-order valence-electron chi connectivity index (χ4n) is 2.59. The molecule has 2 heterocycles. The van der Waals surface area contributed by atoms with Crippen molar-refractivity contribution in [3.05, 3.63) is 52.6 Å². The van der Waals surface area contributed by atoms with Gasteiger partial charge in [-0.3, -0.25) is 0 Å². The molecule has 2 aromatic rings. The van der Waals surface area contributed by atoms with Crippen molar-refractivity contribution in [3.63, 3.8) is 0 Å². The van der Waals surface area contributed by atoms with Gasteiger partial charge in [-0.15, -0.1) is 3.97 Å². The normalized spacial score (nSPS) is 16.0. The molecule has 0 radical (unpaired) electrons. The first kappa shape index (κ1) is 14.6. The van der Waals surface area contributed by atoms with Crippen LogP contribution in [0.15, 0.2) is 30.6 Å². The van der Waals surface area contributed by atoms with Crippen molar-refractivity contribution < 1.29 is 13.0 Å². The average Bonchev–Trinajstić information content (AvgIpc) is 2.79. The molecule has 112 valence electrons. The summed E-state index contributed by atoms with van der Waals surface area (Å²) in [7, 11) is -1.70. The van der Waals surface area contributed by atoms with E-state index in [0.717, 1.165) is 11.1 Å². The number of fused-ring (bicyclic) bond motifs is 1. The molecule has 0 spiro atoms. The van der Waals surface area contributed by atoms with Gasteiger partial charge in [0.15, 0.2) is 0 Å². The van der Waals surface area contributed by atoms with Gasteiger partial charge >= 0.3 is 10.2 Å². The lowest BCUT2D eigenvalue weighted by molar-refractivity contribution is -0.676. The van der Waals surface area contributed by atoms with E-state index in [1.165, 1.54) is 8.28 Å². The van der Waals surface area contributed by atoms with E-state index < -0.39 is 10.2 Å². The summed E-state index contributed by atoms with van der Waals surface area (Å²) in [6.07, 6.45) is 4.01. The molecule has 0 saturated carbocycles. The first-order valence-electron chi connectivity index (χ1n) is 6.71. The van der Waals surface area contributed by atoms with Gasteiger partial charge in [0, 0.05) is 25.0 Å². The van der Waals surface area contributed by atoms with Crippen molar-refractivity contribution in [1.29, 1.82) is 0 Å². The van der Waals surface area contributed by atoms with Crippen LogP contribution in [0.4, 0.5) is 0 Å². The summed E-state index contributed by atoms with van der Waals surface area (Å²) >= 11 is 5.98. The highest BCUT2D eigenvalue weighted by Gasteiger charge is 2.33. The van der Waals surface area contributed by atoms with E-state index >= 15 is 0 Å². The molecule has 21 heavy (non-hydrogen) atoms. The summed E-state index contributed by atoms with van der Waals surface area (Å²) < 4.78 is 30.1. The first-order valence-corrected chi connectivity index (χ1v) is 8.48. The van der Waals surface area contributed by atoms with Crippen LogP contribution < -0.4 is 4.57 Å². The lowest BCUT2D eigenvalue weighted by Crippen LogP contribution is -2.41. The molecule has 0 aliphatic carbocycles. The van der Waals surface area contributed by atoms with Crippen LogP contribution in [-0.4, -0.2) is 23.2 Å². The summed E-state index contributed by atoms with van der Waals surface area (Å²) in [5, 5.41) is 0.693. The third-order valence-corrected chi connectivity index (χ3v) is 6.06. The Hall–Kier alpha value is -1.37. The van der Waals surface area contributed by atoms with Gasteiger partial charge in [0.25, 0.3) is 5.82 Å². The number of hydrogen-bond acceptors (Lipinski definition) is 2. The second-order valence-corrected chi connectivity index (χ2v) is 7.50. The Balaban J connectivity index is 1.95. The molecule has 1 aliphatic heterocycles. The number of rotatable bonds is 2. The number of imidazole rings is 1. The minimum atomic E-state index is -3.53. The van der Waals surface area contributed by atoms with Crippen molar-refractivity contribution in [2.75, 3.05) is 6.54 Å². The van der Waals surface area contributed by atoms with Crippen LogP contribution in [0.3, 0.4) is 0 Å². The molecule has 1 aromatic heterocycles. The molecular weight excluding hydrogens is 310 g/mol. The second-order valence-electron chi connectivity index (χ2n) is 5.26. The Morgan fingerprint density at radius 2 is 2.05 bits per heavy atom. The Morgan fingerprint density at radius 1 is 1.29 bits per heavy atom. The summed E-state index contributed by atoms with van der Waals surface area (Å²) in [4.78, 5) is 0. The van der Waals surface area contributed by atoms with Gasteiger partial charge in [0.05, 0.1) is 7.05 Å². The van der Waals surface area contributed by atoms with E-state index in [-0.39, 0.29) is 0 Å². The van der Waals surface area contributed by atoms with Crippen LogP contribution >= 0.6 is 11.6 Å². The second kappa shape index (κ2) is 5.12. The molecule has 0 unspecified atom stereocenters. The highest BCUT2D eigenvalue weighted by Crippen LogP contribution is 2.24. The van der Waals surface area contributed by atoms with E-state index in [0.29, 0.717) is 30.4 Å². The molecular formula is C14H17ClN3O2S+. The summed E-state index contributed by atoms with van der Waals surface area (Å²) in [5.41, 5.74) is 2.15. The molecule has 0 saturated heterocycles. The standard InChI is InChI=1S/C14H17ClN3O2S/c1-11-16(2)7-8-18(11)21(19,20)17-6-5-12-9-14(15)4-3-13(12)10-17/h3-4,7-9H,5-6,10H2,1-2H3/q+1. The predicted octanol–water partition coefficient (Wildman–Crippen LogP) is 1.43. The van der Waals surface area contributed by atoms with E-state index in [2.05, 4.69) is 0 Å². The van der Waals surface area contributed by atoms with Gasteiger partial charge in [0.2, 0.25) is 0 Å². The first-order chi connectivity index (χ1) is 9.89. The molecule has 0 N–H and O–H groups in total. The Kier molecular flexibility index (Phi) is 3.55. The Morgan fingerprint density at radius 3 is 2.71 bits per heavy atom. The highest BCUT2D eigenvalue weighted by atomic mass is 35.5. The van der Waals surface area contributed by atoms with Crippen molar-refractivity contribution in [1.82, 2.24) is 8.28 Å². The van der Waals surface area contributed by atoms with Crippen molar-refractivity contribution in [3.8, 4) is 0 Å².